The molecule has 2 nitrogen and oxygen atoms in total. The summed E-state index contributed by atoms with van der Waals surface area (Å²) in [7, 11) is 2.19. The lowest BCUT2D eigenvalue weighted by atomic mass is 10.0. The smallest absolute Gasteiger partial charge is 0.0294 e. The van der Waals surface area contributed by atoms with Crippen molar-refractivity contribution in [2.24, 2.45) is 0 Å². The molecule has 1 aromatic carbocycles. The Labute approximate surface area is 112 Å². The van der Waals surface area contributed by atoms with Gasteiger partial charge in [0.2, 0.25) is 0 Å². The van der Waals surface area contributed by atoms with E-state index >= 15 is 0 Å². The molecule has 0 saturated carbocycles. The van der Waals surface area contributed by atoms with Crippen LogP contribution in [0.4, 0.5) is 0 Å². The molecule has 0 aromatic heterocycles. The fraction of sp³-hybridized carbons (Fsp3) is 0.625. The zero-order valence-corrected chi connectivity index (χ0v) is 12.5. The first kappa shape index (κ1) is 15.2. The predicted molar refractivity (Wildman–Crippen MR) is 80.0 cm³/mol. The third kappa shape index (κ3) is 4.79. The van der Waals surface area contributed by atoms with E-state index in [1.165, 1.54) is 17.5 Å². The summed E-state index contributed by atoms with van der Waals surface area (Å²) in [5.74, 6) is 0. The van der Waals surface area contributed by atoms with Crippen LogP contribution < -0.4 is 5.32 Å². The quantitative estimate of drug-likeness (QED) is 0.744. The number of rotatable bonds is 7. The van der Waals surface area contributed by atoms with Gasteiger partial charge in [-0.3, -0.25) is 0 Å². The average molecular weight is 248 g/mol. The largest absolute Gasteiger partial charge is 0.310 e. The Morgan fingerprint density at radius 3 is 2.44 bits per heavy atom. The highest BCUT2D eigenvalue weighted by atomic mass is 15.1. The molecule has 0 saturated heterocycles. The second-order valence-electron chi connectivity index (χ2n) is 5.46. The van der Waals surface area contributed by atoms with Crippen molar-refractivity contribution in [1.82, 2.24) is 10.2 Å². The Hall–Kier alpha value is -0.860. The second kappa shape index (κ2) is 7.55. The SMILES string of the molecule is Cc1ccccc1C(C)NCCCN(C)C(C)C. The minimum atomic E-state index is 0.440. The van der Waals surface area contributed by atoms with Gasteiger partial charge in [-0.1, -0.05) is 24.3 Å². The molecule has 1 unspecified atom stereocenters. The van der Waals surface area contributed by atoms with Gasteiger partial charge in [0.25, 0.3) is 0 Å². The first-order chi connectivity index (χ1) is 8.52. The molecule has 102 valence electrons. The lowest BCUT2D eigenvalue weighted by Gasteiger charge is -2.22. The summed E-state index contributed by atoms with van der Waals surface area (Å²) in [5, 5.41) is 3.61. The van der Waals surface area contributed by atoms with Crippen LogP contribution in [0.15, 0.2) is 24.3 Å². The van der Waals surface area contributed by atoms with Gasteiger partial charge in [-0.2, -0.15) is 0 Å². The van der Waals surface area contributed by atoms with Gasteiger partial charge in [0.05, 0.1) is 0 Å². The monoisotopic (exact) mass is 248 g/mol. The molecule has 0 fully saturated rings. The highest BCUT2D eigenvalue weighted by molar-refractivity contribution is 5.28. The van der Waals surface area contributed by atoms with Crippen LogP contribution in [0.3, 0.4) is 0 Å². The molecule has 2 heteroatoms. The summed E-state index contributed by atoms with van der Waals surface area (Å²) in [6, 6.07) is 9.69. The molecule has 0 spiro atoms. The number of aryl methyl sites for hydroxylation is 1. The normalized spacial score (nSPS) is 13.3. The van der Waals surface area contributed by atoms with Crippen LogP contribution in [0.5, 0.6) is 0 Å². The van der Waals surface area contributed by atoms with Gasteiger partial charge < -0.3 is 10.2 Å². The number of hydrogen-bond acceptors (Lipinski definition) is 2. The maximum Gasteiger partial charge on any atom is 0.0294 e. The van der Waals surface area contributed by atoms with Crippen LogP contribution in [0.1, 0.15) is 44.4 Å². The number of nitrogens with one attached hydrogen (secondary N) is 1. The van der Waals surface area contributed by atoms with Crippen molar-refractivity contribution in [1.29, 1.82) is 0 Å². The predicted octanol–water partition coefficient (Wildman–Crippen LogP) is 3.38. The highest BCUT2D eigenvalue weighted by Crippen LogP contribution is 2.16. The molecule has 1 N–H and O–H groups in total. The lowest BCUT2D eigenvalue weighted by Crippen LogP contribution is -2.30. The van der Waals surface area contributed by atoms with Gasteiger partial charge in [-0.15, -0.1) is 0 Å². The summed E-state index contributed by atoms with van der Waals surface area (Å²) >= 11 is 0. The average Bonchev–Trinajstić information content (AvgIpc) is 2.34. The molecule has 0 bridgehead atoms. The van der Waals surface area contributed by atoms with Crippen LogP contribution in [0.25, 0.3) is 0 Å². The molecule has 1 aromatic rings. The minimum Gasteiger partial charge on any atom is -0.310 e. The number of nitrogens with zero attached hydrogens (tertiary/aromatic N) is 1. The van der Waals surface area contributed by atoms with Crippen LogP contribution >= 0.6 is 0 Å². The molecule has 0 heterocycles. The van der Waals surface area contributed by atoms with Gasteiger partial charge in [0.15, 0.2) is 0 Å². The summed E-state index contributed by atoms with van der Waals surface area (Å²) in [6.07, 6.45) is 1.20. The van der Waals surface area contributed by atoms with Gasteiger partial charge in [-0.25, -0.2) is 0 Å². The summed E-state index contributed by atoms with van der Waals surface area (Å²) in [4.78, 5) is 2.39. The maximum atomic E-state index is 3.61. The van der Waals surface area contributed by atoms with E-state index in [1.54, 1.807) is 0 Å². The molecule has 0 aliphatic rings. The molecule has 0 aliphatic carbocycles. The molecular formula is C16H28N2. The van der Waals surface area contributed by atoms with Gasteiger partial charge in [-0.05, 0) is 65.4 Å². The summed E-state index contributed by atoms with van der Waals surface area (Å²) < 4.78 is 0. The Bertz CT molecular complexity index is 347. The second-order valence-corrected chi connectivity index (χ2v) is 5.46. The van der Waals surface area contributed by atoms with E-state index in [1.807, 2.05) is 0 Å². The van der Waals surface area contributed by atoms with Crippen molar-refractivity contribution < 1.29 is 0 Å². The van der Waals surface area contributed by atoms with Crippen molar-refractivity contribution in [3.63, 3.8) is 0 Å². The first-order valence-electron chi connectivity index (χ1n) is 7.01. The molecule has 0 amide bonds. The van der Waals surface area contributed by atoms with Crippen molar-refractivity contribution in [2.75, 3.05) is 20.1 Å². The van der Waals surface area contributed by atoms with E-state index in [2.05, 4.69) is 69.2 Å². The maximum absolute atomic E-state index is 3.61. The van der Waals surface area contributed by atoms with Gasteiger partial charge >= 0.3 is 0 Å². The minimum absolute atomic E-state index is 0.440. The molecule has 18 heavy (non-hydrogen) atoms. The highest BCUT2D eigenvalue weighted by Gasteiger charge is 2.07. The van der Waals surface area contributed by atoms with Gasteiger partial charge in [0.1, 0.15) is 0 Å². The van der Waals surface area contributed by atoms with E-state index in [0.717, 1.165) is 13.1 Å². The Morgan fingerprint density at radius 2 is 1.83 bits per heavy atom. The van der Waals surface area contributed by atoms with E-state index in [0.29, 0.717) is 12.1 Å². The standard InChI is InChI=1S/C16H28N2/c1-13(2)18(5)12-8-11-17-15(4)16-10-7-6-9-14(16)3/h6-7,9-10,13,15,17H,8,11-12H2,1-5H3. The zero-order chi connectivity index (χ0) is 13.5. The fourth-order valence-electron chi connectivity index (χ4n) is 2.09. The van der Waals surface area contributed by atoms with E-state index in [9.17, 15) is 0 Å². The Kier molecular flexibility index (Phi) is 6.37. The third-order valence-corrected chi connectivity index (χ3v) is 3.67. The third-order valence-electron chi connectivity index (χ3n) is 3.67. The molecule has 0 aliphatic heterocycles. The van der Waals surface area contributed by atoms with Crippen molar-refractivity contribution in [2.45, 2.75) is 46.2 Å². The molecule has 1 rings (SSSR count). The van der Waals surface area contributed by atoms with Crippen LogP contribution in [0, 0.1) is 6.92 Å². The molecule has 0 radical (unpaired) electrons. The van der Waals surface area contributed by atoms with Crippen molar-refractivity contribution in [3.8, 4) is 0 Å². The molecular weight excluding hydrogens is 220 g/mol. The van der Waals surface area contributed by atoms with E-state index in [-0.39, 0.29) is 0 Å². The van der Waals surface area contributed by atoms with Crippen LogP contribution in [0.2, 0.25) is 0 Å². The van der Waals surface area contributed by atoms with Gasteiger partial charge in [0, 0.05) is 12.1 Å². The Morgan fingerprint density at radius 1 is 1.17 bits per heavy atom. The summed E-state index contributed by atoms with van der Waals surface area (Å²) in [6.45, 7) is 11.1. The Balaban J connectivity index is 2.30. The zero-order valence-electron chi connectivity index (χ0n) is 12.5. The van der Waals surface area contributed by atoms with E-state index < -0.39 is 0 Å². The summed E-state index contributed by atoms with van der Waals surface area (Å²) in [5.41, 5.74) is 2.78. The number of benzene rings is 1. The van der Waals surface area contributed by atoms with Crippen molar-refractivity contribution in [3.05, 3.63) is 35.4 Å². The lowest BCUT2D eigenvalue weighted by molar-refractivity contribution is 0.268. The van der Waals surface area contributed by atoms with Crippen LogP contribution in [-0.4, -0.2) is 31.1 Å². The number of hydrogen-bond donors (Lipinski definition) is 1. The van der Waals surface area contributed by atoms with Crippen molar-refractivity contribution >= 4 is 0 Å². The van der Waals surface area contributed by atoms with Crippen LogP contribution in [-0.2, 0) is 0 Å². The molecule has 1 atom stereocenters. The fourth-order valence-corrected chi connectivity index (χ4v) is 2.09. The van der Waals surface area contributed by atoms with E-state index in [4.69, 9.17) is 0 Å². The first-order valence-corrected chi connectivity index (χ1v) is 7.01. The topological polar surface area (TPSA) is 15.3 Å².